The van der Waals surface area contributed by atoms with Crippen molar-refractivity contribution in [3.05, 3.63) is 40.3 Å². The van der Waals surface area contributed by atoms with E-state index in [1.165, 1.54) is 0 Å². The highest BCUT2D eigenvalue weighted by Crippen LogP contribution is 2.26. The third-order valence-electron chi connectivity index (χ3n) is 2.88. The average molecular weight is 217 g/mol. The number of benzene rings is 1. The van der Waals surface area contributed by atoms with Crippen molar-refractivity contribution in [2.75, 3.05) is 0 Å². The molecule has 0 radical (unpaired) electrons. The van der Waals surface area contributed by atoms with Gasteiger partial charge in [0.05, 0.1) is 11.1 Å². The second-order valence-corrected chi connectivity index (χ2v) is 3.96. The SMILES string of the molecule is CCCc1c(O)c2ccccc2c(=O)n1C. The van der Waals surface area contributed by atoms with Gasteiger partial charge in [-0.3, -0.25) is 4.79 Å². The Bertz CT molecular complexity index is 584. The molecule has 84 valence electrons. The number of aromatic hydroxyl groups is 1. The van der Waals surface area contributed by atoms with Crippen molar-refractivity contribution in [2.24, 2.45) is 7.05 Å². The molecule has 1 N–H and O–H groups in total. The molecule has 16 heavy (non-hydrogen) atoms. The van der Waals surface area contributed by atoms with Crippen molar-refractivity contribution in [1.29, 1.82) is 0 Å². The van der Waals surface area contributed by atoms with Crippen molar-refractivity contribution < 1.29 is 5.11 Å². The maximum atomic E-state index is 12.0. The molecular weight excluding hydrogens is 202 g/mol. The van der Waals surface area contributed by atoms with Crippen molar-refractivity contribution >= 4 is 10.8 Å². The second kappa shape index (κ2) is 4.00. The van der Waals surface area contributed by atoms with Crippen LogP contribution < -0.4 is 5.56 Å². The maximum Gasteiger partial charge on any atom is 0.258 e. The summed E-state index contributed by atoms with van der Waals surface area (Å²) in [5, 5.41) is 11.3. The van der Waals surface area contributed by atoms with Crippen molar-refractivity contribution in [3.8, 4) is 5.75 Å². The Morgan fingerprint density at radius 2 is 1.88 bits per heavy atom. The molecule has 0 saturated heterocycles. The monoisotopic (exact) mass is 217 g/mol. The van der Waals surface area contributed by atoms with Gasteiger partial charge in [0.1, 0.15) is 5.75 Å². The lowest BCUT2D eigenvalue weighted by Gasteiger charge is -2.12. The minimum atomic E-state index is -0.0446. The summed E-state index contributed by atoms with van der Waals surface area (Å²) in [4.78, 5) is 12.0. The number of fused-ring (bicyclic) bond motifs is 1. The minimum absolute atomic E-state index is 0.0446. The number of hydrogen-bond donors (Lipinski definition) is 1. The first kappa shape index (κ1) is 10.7. The Balaban J connectivity index is 2.89. The first-order valence-electron chi connectivity index (χ1n) is 5.46. The average Bonchev–Trinajstić information content (AvgIpc) is 2.32. The molecule has 1 aromatic carbocycles. The molecule has 0 atom stereocenters. The van der Waals surface area contributed by atoms with Crippen molar-refractivity contribution in [2.45, 2.75) is 19.8 Å². The van der Waals surface area contributed by atoms with E-state index in [4.69, 9.17) is 0 Å². The summed E-state index contributed by atoms with van der Waals surface area (Å²) in [6.07, 6.45) is 1.61. The van der Waals surface area contributed by atoms with Gasteiger partial charge in [-0.05, 0) is 12.5 Å². The Labute approximate surface area is 94.0 Å². The molecule has 3 heteroatoms. The molecule has 2 rings (SSSR count). The number of hydrogen-bond acceptors (Lipinski definition) is 2. The first-order valence-corrected chi connectivity index (χ1v) is 5.46. The van der Waals surface area contributed by atoms with E-state index in [-0.39, 0.29) is 11.3 Å². The van der Waals surface area contributed by atoms with Crippen LogP contribution in [-0.2, 0) is 13.5 Å². The fraction of sp³-hybridized carbons (Fsp3) is 0.308. The zero-order valence-electron chi connectivity index (χ0n) is 9.53. The van der Waals surface area contributed by atoms with Crippen LogP contribution in [0.2, 0.25) is 0 Å². The van der Waals surface area contributed by atoms with E-state index < -0.39 is 0 Å². The number of pyridine rings is 1. The Hall–Kier alpha value is -1.77. The summed E-state index contributed by atoms with van der Waals surface area (Å²) >= 11 is 0. The standard InChI is InChI=1S/C13H15NO2/c1-3-6-11-12(15)9-7-4-5-8-10(9)13(16)14(11)2/h4-5,7-8,15H,3,6H2,1-2H3. The molecule has 0 aliphatic rings. The first-order chi connectivity index (χ1) is 7.66. The van der Waals surface area contributed by atoms with Crippen LogP contribution in [0.15, 0.2) is 29.1 Å². The van der Waals surface area contributed by atoms with Crippen molar-refractivity contribution in [1.82, 2.24) is 4.57 Å². The molecule has 1 aromatic heterocycles. The lowest BCUT2D eigenvalue weighted by molar-refractivity contribution is 0.463. The van der Waals surface area contributed by atoms with E-state index in [0.29, 0.717) is 22.9 Å². The zero-order chi connectivity index (χ0) is 11.7. The van der Waals surface area contributed by atoms with E-state index in [2.05, 4.69) is 0 Å². The summed E-state index contributed by atoms with van der Waals surface area (Å²) in [7, 11) is 1.71. The van der Waals surface area contributed by atoms with Gasteiger partial charge in [-0.15, -0.1) is 0 Å². The van der Waals surface area contributed by atoms with Gasteiger partial charge >= 0.3 is 0 Å². The Morgan fingerprint density at radius 3 is 2.50 bits per heavy atom. The van der Waals surface area contributed by atoms with Gasteiger partial charge in [-0.25, -0.2) is 0 Å². The molecule has 2 aromatic rings. The van der Waals surface area contributed by atoms with Gasteiger partial charge in [-0.1, -0.05) is 31.5 Å². The molecule has 0 amide bonds. The molecule has 0 fully saturated rings. The Morgan fingerprint density at radius 1 is 1.25 bits per heavy atom. The van der Waals surface area contributed by atoms with E-state index in [9.17, 15) is 9.90 Å². The van der Waals surface area contributed by atoms with E-state index in [1.54, 1.807) is 23.7 Å². The van der Waals surface area contributed by atoms with Crippen LogP contribution in [0.5, 0.6) is 5.75 Å². The summed E-state index contributed by atoms with van der Waals surface area (Å²) in [6.45, 7) is 2.03. The fourth-order valence-corrected chi connectivity index (χ4v) is 2.02. The van der Waals surface area contributed by atoms with Crippen LogP contribution in [0.25, 0.3) is 10.8 Å². The fourth-order valence-electron chi connectivity index (χ4n) is 2.02. The molecule has 0 aliphatic heterocycles. The van der Waals surface area contributed by atoms with Gasteiger partial charge in [0.2, 0.25) is 0 Å². The van der Waals surface area contributed by atoms with Crippen LogP contribution in [-0.4, -0.2) is 9.67 Å². The van der Waals surface area contributed by atoms with Crippen molar-refractivity contribution in [3.63, 3.8) is 0 Å². The van der Waals surface area contributed by atoms with Crippen LogP contribution in [0.4, 0.5) is 0 Å². The van der Waals surface area contributed by atoms with E-state index in [1.807, 2.05) is 19.1 Å². The largest absolute Gasteiger partial charge is 0.505 e. The molecule has 0 aliphatic carbocycles. The maximum absolute atomic E-state index is 12.0. The predicted octanol–water partition coefficient (Wildman–Crippen LogP) is 2.20. The van der Waals surface area contributed by atoms with E-state index >= 15 is 0 Å². The smallest absolute Gasteiger partial charge is 0.258 e. The highest BCUT2D eigenvalue weighted by molar-refractivity contribution is 5.87. The number of rotatable bonds is 2. The van der Waals surface area contributed by atoms with Crippen LogP contribution in [0.3, 0.4) is 0 Å². The van der Waals surface area contributed by atoms with Gasteiger partial charge in [0.15, 0.2) is 0 Å². The molecule has 0 saturated carbocycles. The van der Waals surface area contributed by atoms with Crippen LogP contribution in [0, 0.1) is 0 Å². The lowest BCUT2D eigenvalue weighted by atomic mass is 10.1. The quantitative estimate of drug-likeness (QED) is 0.837. The lowest BCUT2D eigenvalue weighted by Crippen LogP contribution is -2.20. The molecular formula is C13H15NO2. The third kappa shape index (κ3) is 1.48. The highest BCUT2D eigenvalue weighted by atomic mass is 16.3. The molecule has 0 bridgehead atoms. The minimum Gasteiger partial charge on any atom is -0.505 e. The Kier molecular flexibility index (Phi) is 2.69. The van der Waals surface area contributed by atoms with Crippen LogP contribution in [0.1, 0.15) is 19.0 Å². The van der Waals surface area contributed by atoms with Gasteiger partial charge in [-0.2, -0.15) is 0 Å². The van der Waals surface area contributed by atoms with Gasteiger partial charge < -0.3 is 9.67 Å². The molecule has 0 spiro atoms. The topological polar surface area (TPSA) is 42.2 Å². The predicted molar refractivity (Wildman–Crippen MR) is 64.8 cm³/mol. The molecule has 1 heterocycles. The zero-order valence-corrected chi connectivity index (χ0v) is 9.53. The van der Waals surface area contributed by atoms with Gasteiger partial charge in [0.25, 0.3) is 5.56 Å². The third-order valence-corrected chi connectivity index (χ3v) is 2.88. The van der Waals surface area contributed by atoms with Crippen LogP contribution >= 0.6 is 0 Å². The molecule has 0 unspecified atom stereocenters. The summed E-state index contributed by atoms with van der Waals surface area (Å²) < 4.78 is 1.54. The highest BCUT2D eigenvalue weighted by Gasteiger charge is 2.12. The van der Waals surface area contributed by atoms with Gasteiger partial charge in [0, 0.05) is 12.4 Å². The number of nitrogens with zero attached hydrogens (tertiary/aromatic N) is 1. The summed E-state index contributed by atoms with van der Waals surface area (Å²) in [5.41, 5.74) is 0.669. The second-order valence-electron chi connectivity index (χ2n) is 3.96. The normalized spacial score (nSPS) is 10.9. The summed E-state index contributed by atoms with van der Waals surface area (Å²) in [6, 6.07) is 7.16. The molecule has 3 nitrogen and oxygen atoms in total. The number of aromatic nitrogens is 1. The van der Waals surface area contributed by atoms with E-state index in [0.717, 1.165) is 6.42 Å². The summed E-state index contributed by atoms with van der Waals surface area (Å²) in [5.74, 6) is 0.236.